The molecule has 0 saturated heterocycles. The third-order valence-electron chi connectivity index (χ3n) is 2.81. The molecule has 1 aromatic carbocycles. The number of alkyl halides is 3. The van der Waals surface area contributed by atoms with Crippen LogP contribution in [-0.2, 0) is 12.7 Å². The molecule has 0 aliphatic heterocycles. The Bertz CT molecular complexity index is 455. The first kappa shape index (κ1) is 17.6. The topological polar surface area (TPSA) is 21.3 Å². The molecule has 1 rings (SSSR count). The fourth-order valence-electron chi connectivity index (χ4n) is 1.79. The summed E-state index contributed by atoms with van der Waals surface area (Å²) in [7, 11) is 0. The van der Waals surface area contributed by atoms with Gasteiger partial charge in [0.25, 0.3) is 0 Å². The van der Waals surface area contributed by atoms with Crippen molar-refractivity contribution in [2.75, 3.05) is 13.2 Å². The molecule has 0 heterocycles. The van der Waals surface area contributed by atoms with Crippen molar-refractivity contribution in [3.8, 4) is 5.75 Å². The number of rotatable bonds is 8. The van der Waals surface area contributed by atoms with Gasteiger partial charge in [0.2, 0.25) is 0 Å². The summed E-state index contributed by atoms with van der Waals surface area (Å²) in [6, 6.07) is 4.20. The van der Waals surface area contributed by atoms with E-state index in [1.165, 1.54) is 6.07 Å². The van der Waals surface area contributed by atoms with E-state index in [1.807, 2.05) is 13.8 Å². The van der Waals surface area contributed by atoms with Gasteiger partial charge in [-0.3, -0.25) is 0 Å². The van der Waals surface area contributed by atoms with Crippen molar-refractivity contribution in [2.45, 2.75) is 33.0 Å². The largest absolute Gasteiger partial charge is 0.493 e. The second kappa shape index (κ2) is 8.08. The van der Waals surface area contributed by atoms with Crippen molar-refractivity contribution >= 4 is 0 Å². The summed E-state index contributed by atoms with van der Waals surface area (Å²) in [5, 5.41) is 3.13. The third kappa shape index (κ3) is 6.21. The van der Waals surface area contributed by atoms with E-state index in [9.17, 15) is 13.2 Å². The van der Waals surface area contributed by atoms with Crippen LogP contribution in [0.4, 0.5) is 13.2 Å². The Labute approximate surface area is 124 Å². The highest BCUT2D eigenvalue weighted by Gasteiger charge is 2.34. The Morgan fingerprint density at radius 3 is 2.62 bits per heavy atom. The summed E-state index contributed by atoms with van der Waals surface area (Å²) in [5.41, 5.74) is -0.130. The quantitative estimate of drug-likeness (QED) is 0.567. The molecule has 0 aromatic heterocycles. The minimum atomic E-state index is -4.42. The van der Waals surface area contributed by atoms with Crippen molar-refractivity contribution in [3.05, 3.63) is 42.0 Å². The lowest BCUT2D eigenvalue weighted by atomic mass is 10.1. The Morgan fingerprint density at radius 2 is 2.05 bits per heavy atom. The zero-order valence-electron chi connectivity index (χ0n) is 12.5. The van der Waals surface area contributed by atoms with Crippen LogP contribution in [0.2, 0.25) is 0 Å². The molecule has 5 heteroatoms. The van der Waals surface area contributed by atoms with E-state index in [2.05, 4.69) is 11.9 Å². The molecule has 0 amide bonds. The fraction of sp³-hybridized carbons (Fsp3) is 0.500. The zero-order chi connectivity index (χ0) is 15.9. The van der Waals surface area contributed by atoms with Crippen LogP contribution < -0.4 is 10.1 Å². The maximum atomic E-state index is 13.1. The first-order valence-corrected chi connectivity index (χ1v) is 6.99. The number of ether oxygens (including phenoxy) is 1. The second-order valence-corrected chi connectivity index (χ2v) is 5.28. The minimum Gasteiger partial charge on any atom is -0.493 e. The van der Waals surface area contributed by atoms with Crippen LogP contribution in [-0.4, -0.2) is 13.2 Å². The Kier molecular flexibility index (Phi) is 6.75. The van der Waals surface area contributed by atoms with Crippen molar-refractivity contribution in [1.29, 1.82) is 0 Å². The van der Waals surface area contributed by atoms with Gasteiger partial charge in [-0.25, -0.2) is 0 Å². The molecule has 0 unspecified atom stereocenters. The monoisotopic (exact) mass is 301 g/mol. The van der Waals surface area contributed by atoms with Gasteiger partial charge in [-0.1, -0.05) is 26.0 Å². The molecule has 0 atom stereocenters. The number of hydrogen-bond acceptors (Lipinski definition) is 2. The predicted molar refractivity (Wildman–Crippen MR) is 78.3 cm³/mol. The molecule has 0 radical (unpaired) electrons. The lowest BCUT2D eigenvalue weighted by Gasteiger charge is -2.15. The first-order valence-electron chi connectivity index (χ1n) is 6.99. The molecule has 0 aliphatic rings. The lowest BCUT2D eigenvalue weighted by Crippen LogP contribution is -2.19. The summed E-state index contributed by atoms with van der Waals surface area (Å²) in [5.74, 6) is 0.325. The van der Waals surface area contributed by atoms with Gasteiger partial charge >= 0.3 is 6.18 Å². The van der Waals surface area contributed by atoms with E-state index < -0.39 is 11.7 Å². The predicted octanol–water partition coefficient (Wildman–Crippen LogP) is 4.41. The van der Waals surface area contributed by atoms with Crippen LogP contribution in [0.5, 0.6) is 5.75 Å². The maximum Gasteiger partial charge on any atom is 0.419 e. The Hall–Kier alpha value is -1.49. The molecule has 2 nitrogen and oxygen atoms in total. The molecule has 118 valence electrons. The number of hydrogen-bond donors (Lipinski definition) is 1. The molecule has 0 saturated carbocycles. The van der Waals surface area contributed by atoms with Gasteiger partial charge in [-0.2, -0.15) is 13.2 Å². The number of nitrogens with one attached hydrogen (secondary N) is 1. The summed E-state index contributed by atoms with van der Waals surface area (Å²) in [6.07, 6.45) is -2.30. The summed E-state index contributed by atoms with van der Waals surface area (Å²) >= 11 is 0. The van der Waals surface area contributed by atoms with E-state index in [4.69, 9.17) is 4.74 Å². The molecule has 0 bridgehead atoms. The van der Waals surface area contributed by atoms with E-state index in [1.54, 1.807) is 12.1 Å². The highest BCUT2D eigenvalue weighted by atomic mass is 19.4. The van der Waals surface area contributed by atoms with Gasteiger partial charge in [0.05, 0.1) is 12.2 Å². The van der Waals surface area contributed by atoms with Crippen molar-refractivity contribution in [2.24, 2.45) is 5.92 Å². The van der Waals surface area contributed by atoms with E-state index in [0.717, 1.165) is 12.6 Å². The summed E-state index contributed by atoms with van der Waals surface area (Å²) < 4.78 is 44.4. The Morgan fingerprint density at radius 1 is 1.33 bits per heavy atom. The minimum absolute atomic E-state index is 0.128. The molecule has 0 spiro atoms. The highest BCUT2D eigenvalue weighted by molar-refractivity contribution is 5.39. The van der Waals surface area contributed by atoms with Crippen LogP contribution >= 0.6 is 0 Å². The first-order chi connectivity index (χ1) is 9.84. The van der Waals surface area contributed by atoms with Gasteiger partial charge in [-0.05, 0) is 36.6 Å². The van der Waals surface area contributed by atoms with Gasteiger partial charge in [-0.15, -0.1) is 6.58 Å². The van der Waals surface area contributed by atoms with Crippen LogP contribution in [0.15, 0.2) is 30.9 Å². The van der Waals surface area contributed by atoms with Gasteiger partial charge in [0.1, 0.15) is 5.75 Å². The standard InChI is InChI=1S/C16H22F3NO/c1-4-5-8-21-15-7-6-13(11-20-10-12(2)3)9-14(15)16(17,18)19/h4,6-7,9,12,20H,1,5,8,10-11H2,2-3H3. The fourth-order valence-corrected chi connectivity index (χ4v) is 1.79. The smallest absolute Gasteiger partial charge is 0.419 e. The third-order valence-corrected chi connectivity index (χ3v) is 2.81. The molecule has 0 fully saturated rings. The lowest BCUT2D eigenvalue weighted by molar-refractivity contribution is -0.139. The van der Waals surface area contributed by atoms with E-state index in [0.29, 0.717) is 24.4 Å². The molecule has 1 aromatic rings. The molecular formula is C16H22F3NO. The zero-order valence-corrected chi connectivity index (χ0v) is 12.5. The SMILES string of the molecule is C=CCCOc1ccc(CNCC(C)C)cc1C(F)(F)F. The Balaban J connectivity index is 2.83. The molecular weight excluding hydrogens is 279 g/mol. The van der Waals surface area contributed by atoms with Gasteiger partial charge < -0.3 is 10.1 Å². The number of halogens is 3. The molecule has 21 heavy (non-hydrogen) atoms. The average Bonchev–Trinajstić information content (AvgIpc) is 2.38. The summed E-state index contributed by atoms with van der Waals surface area (Å²) in [4.78, 5) is 0. The van der Waals surface area contributed by atoms with E-state index in [-0.39, 0.29) is 12.4 Å². The van der Waals surface area contributed by atoms with Gasteiger partial charge in [0, 0.05) is 6.54 Å². The van der Waals surface area contributed by atoms with Crippen LogP contribution in [0.25, 0.3) is 0 Å². The highest BCUT2D eigenvalue weighted by Crippen LogP contribution is 2.36. The van der Waals surface area contributed by atoms with Crippen LogP contribution in [0.1, 0.15) is 31.4 Å². The molecule has 0 aliphatic carbocycles. The number of benzene rings is 1. The van der Waals surface area contributed by atoms with Gasteiger partial charge in [0.15, 0.2) is 0 Å². The van der Waals surface area contributed by atoms with Crippen molar-refractivity contribution in [3.63, 3.8) is 0 Å². The van der Waals surface area contributed by atoms with Crippen LogP contribution in [0, 0.1) is 5.92 Å². The summed E-state index contributed by atoms with van der Waals surface area (Å²) in [6.45, 7) is 8.97. The normalized spacial score (nSPS) is 11.7. The average molecular weight is 301 g/mol. The molecule has 1 N–H and O–H groups in total. The second-order valence-electron chi connectivity index (χ2n) is 5.28. The van der Waals surface area contributed by atoms with Crippen LogP contribution in [0.3, 0.4) is 0 Å². The maximum absolute atomic E-state index is 13.1. The van der Waals surface area contributed by atoms with Crippen molar-refractivity contribution in [1.82, 2.24) is 5.32 Å². The van der Waals surface area contributed by atoms with E-state index >= 15 is 0 Å². The van der Waals surface area contributed by atoms with Crippen molar-refractivity contribution < 1.29 is 17.9 Å².